The van der Waals surface area contributed by atoms with Crippen LogP contribution in [0.15, 0.2) is 18.2 Å². The monoisotopic (exact) mass is 267 g/mol. The maximum Gasteiger partial charge on any atom is 0.339 e. The Morgan fingerprint density at radius 1 is 1.32 bits per heavy atom. The largest absolute Gasteiger partial charge is 0.490 e. The smallest absolute Gasteiger partial charge is 0.339 e. The summed E-state index contributed by atoms with van der Waals surface area (Å²) < 4.78 is 10.7. The van der Waals surface area contributed by atoms with E-state index in [2.05, 4.69) is 5.32 Å². The van der Waals surface area contributed by atoms with Crippen LogP contribution in [0.1, 0.15) is 23.7 Å². The number of rotatable bonds is 7. The second-order valence-electron chi connectivity index (χ2n) is 3.64. The Kier molecular flexibility index (Phi) is 5.66. The van der Waals surface area contributed by atoms with Crippen LogP contribution in [0.5, 0.6) is 11.5 Å². The molecule has 0 aliphatic rings. The minimum Gasteiger partial charge on any atom is -0.490 e. The molecular weight excluding hydrogens is 250 g/mol. The molecule has 0 bridgehead atoms. The predicted molar refractivity (Wildman–Crippen MR) is 68.7 cm³/mol. The number of amides is 1. The SMILES string of the molecule is CCOc1cccc(C(=O)O)c1OCCC(=O)NC. The van der Waals surface area contributed by atoms with E-state index in [1.54, 1.807) is 19.1 Å². The summed E-state index contributed by atoms with van der Waals surface area (Å²) in [5.41, 5.74) is 0.0165. The second-order valence-corrected chi connectivity index (χ2v) is 3.64. The van der Waals surface area contributed by atoms with Gasteiger partial charge in [-0.1, -0.05) is 6.07 Å². The summed E-state index contributed by atoms with van der Waals surface area (Å²) in [4.78, 5) is 22.2. The maximum atomic E-state index is 11.1. The fourth-order valence-corrected chi connectivity index (χ4v) is 1.47. The summed E-state index contributed by atoms with van der Waals surface area (Å²) in [6.07, 6.45) is 0.149. The van der Waals surface area contributed by atoms with E-state index >= 15 is 0 Å². The molecule has 0 spiro atoms. The van der Waals surface area contributed by atoms with Crippen molar-refractivity contribution < 1.29 is 24.2 Å². The van der Waals surface area contributed by atoms with Crippen LogP contribution in [0.2, 0.25) is 0 Å². The Hall–Kier alpha value is -2.24. The van der Waals surface area contributed by atoms with Gasteiger partial charge in [0.25, 0.3) is 0 Å². The van der Waals surface area contributed by atoms with Gasteiger partial charge in [0, 0.05) is 7.05 Å². The maximum absolute atomic E-state index is 11.1. The minimum atomic E-state index is -1.10. The van der Waals surface area contributed by atoms with Crippen LogP contribution < -0.4 is 14.8 Å². The summed E-state index contributed by atoms with van der Waals surface area (Å²) in [5, 5.41) is 11.6. The lowest BCUT2D eigenvalue weighted by atomic mass is 10.2. The Balaban J connectivity index is 2.88. The predicted octanol–water partition coefficient (Wildman–Crippen LogP) is 1.30. The number of hydrogen-bond donors (Lipinski definition) is 2. The Morgan fingerprint density at radius 2 is 2.05 bits per heavy atom. The van der Waals surface area contributed by atoms with Crippen molar-refractivity contribution in [3.8, 4) is 11.5 Å². The Morgan fingerprint density at radius 3 is 2.63 bits per heavy atom. The van der Waals surface area contributed by atoms with E-state index in [1.807, 2.05) is 0 Å². The molecule has 19 heavy (non-hydrogen) atoms. The van der Waals surface area contributed by atoms with Crippen LogP contribution >= 0.6 is 0 Å². The molecule has 0 saturated heterocycles. The number of nitrogens with one attached hydrogen (secondary N) is 1. The lowest BCUT2D eigenvalue weighted by Gasteiger charge is -2.13. The van der Waals surface area contributed by atoms with Gasteiger partial charge in [-0.3, -0.25) is 4.79 Å². The van der Waals surface area contributed by atoms with Gasteiger partial charge in [0.15, 0.2) is 11.5 Å². The highest BCUT2D eigenvalue weighted by molar-refractivity contribution is 5.92. The molecule has 0 fully saturated rings. The van der Waals surface area contributed by atoms with Crippen LogP contribution in [-0.2, 0) is 4.79 Å². The Labute approximate surface area is 111 Å². The normalized spacial score (nSPS) is 9.79. The van der Waals surface area contributed by atoms with E-state index in [0.29, 0.717) is 12.4 Å². The number of hydrogen-bond acceptors (Lipinski definition) is 4. The zero-order valence-corrected chi connectivity index (χ0v) is 10.9. The van der Waals surface area contributed by atoms with Gasteiger partial charge in [0.05, 0.1) is 19.6 Å². The van der Waals surface area contributed by atoms with Crippen molar-refractivity contribution in [3.63, 3.8) is 0 Å². The van der Waals surface area contributed by atoms with Gasteiger partial charge < -0.3 is 19.9 Å². The Bertz CT molecular complexity index is 458. The highest BCUT2D eigenvalue weighted by atomic mass is 16.5. The van der Waals surface area contributed by atoms with Gasteiger partial charge in [-0.15, -0.1) is 0 Å². The van der Waals surface area contributed by atoms with Gasteiger partial charge >= 0.3 is 5.97 Å². The average Bonchev–Trinajstić information content (AvgIpc) is 2.40. The van der Waals surface area contributed by atoms with Crippen LogP contribution in [0.25, 0.3) is 0 Å². The molecule has 0 aliphatic carbocycles. The molecule has 0 heterocycles. The quantitative estimate of drug-likeness (QED) is 0.777. The number of para-hydroxylation sites is 1. The van der Waals surface area contributed by atoms with Crippen LogP contribution in [0.4, 0.5) is 0 Å². The summed E-state index contributed by atoms with van der Waals surface area (Å²) in [6.45, 7) is 2.28. The zero-order chi connectivity index (χ0) is 14.3. The molecule has 1 aromatic carbocycles. The topological polar surface area (TPSA) is 84.9 Å². The van der Waals surface area contributed by atoms with Crippen LogP contribution in [0, 0.1) is 0 Å². The number of benzene rings is 1. The van der Waals surface area contributed by atoms with Crippen molar-refractivity contribution in [3.05, 3.63) is 23.8 Å². The van der Waals surface area contributed by atoms with E-state index in [9.17, 15) is 9.59 Å². The lowest BCUT2D eigenvalue weighted by Crippen LogP contribution is -2.20. The third kappa shape index (κ3) is 4.17. The minimum absolute atomic E-state index is 0.0165. The molecule has 1 amide bonds. The fraction of sp³-hybridized carbons (Fsp3) is 0.385. The van der Waals surface area contributed by atoms with Gasteiger partial charge in [-0.2, -0.15) is 0 Å². The van der Waals surface area contributed by atoms with Crippen molar-refractivity contribution in [2.75, 3.05) is 20.3 Å². The van der Waals surface area contributed by atoms with E-state index < -0.39 is 5.97 Å². The molecule has 0 unspecified atom stereocenters. The van der Waals surface area contributed by atoms with Crippen molar-refractivity contribution in [1.29, 1.82) is 0 Å². The van der Waals surface area contributed by atoms with Crippen LogP contribution in [0.3, 0.4) is 0 Å². The average molecular weight is 267 g/mol. The summed E-state index contributed by atoms with van der Waals surface area (Å²) in [7, 11) is 1.53. The molecule has 6 heteroatoms. The van der Waals surface area contributed by atoms with Crippen molar-refractivity contribution >= 4 is 11.9 Å². The zero-order valence-electron chi connectivity index (χ0n) is 10.9. The second kappa shape index (κ2) is 7.25. The molecule has 1 aromatic rings. The molecule has 6 nitrogen and oxygen atoms in total. The standard InChI is InChI=1S/C13H17NO5/c1-3-18-10-6-4-5-9(13(16)17)12(10)19-8-7-11(15)14-2/h4-6H,3,7-8H2,1-2H3,(H,14,15)(H,16,17). The van der Waals surface area contributed by atoms with E-state index in [0.717, 1.165) is 0 Å². The third-order valence-corrected chi connectivity index (χ3v) is 2.36. The lowest BCUT2D eigenvalue weighted by molar-refractivity contribution is -0.121. The highest BCUT2D eigenvalue weighted by Crippen LogP contribution is 2.31. The van der Waals surface area contributed by atoms with Gasteiger partial charge in [0.2, 0.25) is 5.91 Å². The van der Waals surface area contributed by atoms with Crippen molar-refractivity contribution in [1.82, 2.24) is 5.32 Å². The molecule has 104 valence electrons. The molecular formula is C13H17NO5. The number of aromatic carboxylic acids is 1. The van der Waals surface area contributed by atoms with Crippen molar-refractivity contribution in [2.45, 2.75) is 13.3 Å². The number of carboxylic acid groups (broad SMARTS) is 1. The summed E-state index contributed by atoms with van der Waals surface area (Å²) >= 11 is 0. The fourth-order valence-electron chi connectivity index (χ4n) is 1.47. The van der Waals surface area contributed by atoms with E-state index in [1.165, 1.54) is 13.1 Å². The molecule has 0 aliphatic heterocycles. The number of carbonyl (C=O) groups excluding carboxylic acids is 1. The first-order valence-electron chi connectivity index (χ1n) is 5.92. The first kappa shape index (κ1) is 14.8. The molecule has 0 aromatic heterocycles. The number of carboxylic acids is 1. The molecule has 0 atom stereocenters. The first-order chi connectivity index (χ1) is 9.10. The van der Waals surface area contributed by atoms with Gasteiger partial charge in [-0.25, -0.2) is 4.79 Å². The molecule has 2 N–H and O–H groups in total. The van der Waals surface area contributed by atoms with Crippen LogP contribution in [-0.4, -0.2) is 37.2 Å². The first-order valence-corrected chi connectivity index (χ1v) is 5.92. The third-order valence-electron chi connectivity index (χ3n) is 2.36. The number of ether oxygens (including phenoxy) is 2. The number of carbonyl (C=O) groups is 2. The van der Waals surface area contributed by atoms with Gasteiger partial charge in [0.1, 0.15) is 5.56 Å². The highest BCUT2D eigenvalue weighted by Gasteiger charge is 2.16. The summed E-state index contributed by atoms with van der Waals surface area (Å²) in [6, 6.07) is 4.64. The van der Waals surface area contributed by atoms with Gasteiger partial charge in [-0.05, 0) is 19.1 Å². The van der Waals surface area contributed by atoms with E-state index in [4.69, 9.17) is 14.6 Å². The van der Waals surface area contributed by atoms with Crippen molar-refractivity contribution in [2.24, 2.45) is 0 Å². The molecule has 0 radical (unpaired) electrons. The summed E-state index contributed by atoms with van der Waals surface area (Å²) in [5.74, 6) is -0.762. The van der Waals surface area contributed by atoms with E-state index in [-0.39, 0.29) is 30.2 Å². The molecule has 0 saturated carbocycles. The molecule has 1 rings (SSSR count).